The molecular weight excluding hydrogens is 312 g/mol. The number of Topliss-reactive ketones (excluding diaryl/α,β-unsaturated/α-hetero) is 1. The van der Waals surface area contributed by atoms with Crippen molar-refractivity contribution in [1.82, 2.24) is 10.2 Å². The van der Waals surface area contributed by atoms with E-state index in [9.17, 15) is 9.59 Å². The van der Waals surface area contributed by atoms with Crippen LogP contribution in [-0.4, -0.2) is 21.9 Å². The van der Waals surface area contributed by atoms with Crippen LogP contribution in [0.2, 0.25) is 0 Å². The minimum Gasteiger partial charge on any atom is -0.459 e. The molecule has 0 fully saturated rings. The first-order valence-corrected chi connectivity index (χ1v) is 7.32. The van der Waals surface area contributed by atoms with Gasteiger partial charge in [0, 0.05) is 12.0 Å². The molecule has 0 spiro atoms. The van der Waals surface area contributed by atoms with Crippen molar-refractivity contribution < 1.29 is 23.2 Å². The first-order chi connectivity index (χ1) is 11.7. The SMILES string of the molecule is O=C(CCC(=O)c1ccccc1)OCc1nnc(-c2ccco2)o1. The van der Waals surface area contributed by atoms with Crippen LogP contribution in [-0.2, 0) is 16.1 Å². The quantitative estimate of drug-likeness (QED) is 0.486. The number of esters is 1. The first kappa shape index (κ1) is 15.7. The normalized spacial score (nSPS) is 10.5. The molecule has 7 nitrogen and oxygen atoms in total. The molecule has 0 saturated heterocycles. The van der Waals surface area contributed by atoms with Gasteiger partial charge in [0.15, 0.2) is 18.2 Å². The van der Waals surface area contributed by atoms with Gasteiger partial charge in [-0.15, -0.1) is 10.2 Å². The molecule has 1 aromatic carbocycles. The molecule has 2 aromatic heterocycles. The zero-order valence-corrected chi connectivity index (χ0v) is 12.7. The summed E-state index contributed by atoms with van der Waals surface area (Å²) in [6.07, 6.45) is 1.57. The van der Waals surface area contributed by atoms with Crippen LogP contribution in [0.4, 0.5) is 0 Å². The highest BCUT2D eigenvalue weighted by Gasteiger charge is 2.14. The second kappa shape index (κ2) is 7.36. The van der Waals surface area contributed by atoms with E-state index in [-0.39, 0.29) is 37.0 Å². The minimum absolute atomic E-state index is 0.00704. The maximum Gasteiger partial charge on any atom is 0.306 e. The Balaban J connectivity index is 1.45. The van der Waals surface area contributed by atoms with E-state index < -0.39 is 5.97 Å². The number of carbonyl (C=O) groups is 2. The lowest BCUT2D eigenvalue weighted by molar-refractivity contribution is -0.145. The molecule has 3 aromatic rings. The summed E-state index contributed by atoms with van der Waals surface area (Å²) in [7, 11) is 0. The fraction of sp³-hybridized carbons (Fsp3) is 0.176. The molecule has 0 saturated carbocycles. The molecule has 7 heteroatoms. The van der Waals surface area contributed by atoms with Crippen LogP contribution in [0.15, 0.2) is 57.6 Å². The van der Waals surface area contributed by atoms with Crippen molar-refractivity contribution in [2.75, 3.05) is 0 Å². The van der Waals surface area contributed by atoms with E-state index in [2.05, 4.69) is 10.2 Å². The minimum atomic E-state index is -0.503. The highest BCUT2D eigenvalue weighted by Crippen LogP contribution is 2.18. The van der Waals surface area contributed by atoms with Crippen molar-refractivity contribution in [1.29, 1.82) is 0 Å². The lowest BCUT2D eigenvalue weighted by atomic mass is 10.1. The van der Waals surface area contributed by atoms with Crippen LogP contribution in [0.1, 0.15) is 29.1 Å². The maximum absolute atomic E-state index is 11.9. The smallest absolute Gasteiger partial charge is 0.306 e. The number of rotatable bonds is 7. The van der Waals surface area contributed by atoms with Gasteiger partial charge in [0.2, 0.25) is 0 Å². The second-order valence-electron chi connectivity index (χ2n) is 4.93. The van der Waals surface area contributed by atoms with Gasteiger partial charge in [0.25, 0.3) is 11.8 Å². The molecule has 0 bridgehead atoms. The lowest BCUT2D eigenvalue weighted by Gasteiger charge is -2.02. The molecule has 3 rings (SSSR count). The number of ether oxygens (including phenoxy) is 1. The largest absolute Gasteiger partial charge is 0.459 e. The zero-order valence-electron chi connectivity index (χ0n) is 12.7. The van der Waals surface area contributed by atoms with E-state index in [0.29, 0.717) is 11.3 Å². The first-order valence-electron chi connectivity index (χ1n) is 7.32. The molecule has 122 valence electrons. The van der Waals surface area contributed by atoms with Gasteiger partial charge in [-0.1, -0.05) is 30.3 Å². The van der Waals surface area contributed by atoms with E-state index >= 15 is 0 Å². The van der Waals surface area contributed by atoms with Crippen molar-refractivity contribution >= 4 is 11.8 Å². The molecule has 0 N–H and O–H groups in total. The third kappa shape index (κ3) is 3.95. The lowest BCUT2D eigenvalue weighted by Crippen LogP contribution is -2.08. The summed E-state index contributed by atoms with van der Waals surface area (Å²) in [6.45, 7) is -0.147. The highest BCUT2D eigenvalue weighted by atomic mass is 16.5. The van der Waals surface area contributed by atoms with Crippen molar-refractivity contribution in [3.63, 3.8) is 0 Å². The van der Waals surface area contributed by atoms with Gasteiger partial charge < -0.3 is 13.6 Å². The predicted octanol–water partition coefficient (Wildman–Crippen LogP) is 3.04. The number of carbonyl (C=O) groups excluding carboxylic acids is 2. The maximum atomic E-state index is 11.9. The number of benzene rings is 1. The van der Waals surface area contributed by atoms with Crippen LogP contribution in [0.5, 0.6) is 0 Å². The summed E-state index contributed by atoms with van der Waals surface area (Å²) in [5.41, 5.74) is 0.574. The Morgan fingerprint density at radius 1 is 1.00 bits per heavy atom. The van der Waals surface area contributed by atoms with Crippen LogP contribution in [0, 0.1) is 0 Å². The number of furan rings is 1. The Morgan fingerprint density at radius 3 is 2.58 bits per heavy atom. The number of ketones is 1. The Labute approximate surface area is 137 Å². The van der Waals surface area contributed by atoms with Gasteiger partial charge in [-0.2, -0.15) is 0 Å². The summed E-state index contributed by atoms with van der Waals surface area (Å²) < 4.78 is 15.5. The van der Waals surface area contributed by atoms with Crippen LogP contribution in [0.3, 0.4) is 0 Å². The second-order valence-corrected chi connectivity index (χ2v) is 4.93. The van der Waals surface area contributed by atoms with Crippen LogP contribution >= 0.6 is 0 Å². The summed E-state index contributed by atoms with van der Waals surface area (Å²) in [5, 5.41) is 7.56. The number of hydrogen-bond donors (Lipinski definition) is 0. The zero-order chi connectivity index (χ0) is 16.8. The van der Waals surface area contributed by atoms with E-state index in [1.807, 2.05) is 6.07 Å². The highest BCUT2D eigenvalue weighted by molar-refractivity contribution is 5.97. The number of aromatic nitrogens is 2. The summed E-state index contributed by atoms with van der Waals surface area (Å²) in [4.78, 5) is 23.6. The fourth-order valence-electron chi connectivity index (χ4n) is 2.01. The molecule has 2 heterocycles. The number of hydrogen-bond acceptors (Lipinski definition) is 7. The van der Waals surface area contributed by atoms with Gasteiger partial charge in [0.1, 0.15) is 0 Å². The molecule has 0 amide bonds. The van der Waals surface area contributed by atoms with E-state index in [1.165, 1.54) is 6.26 Å². The average Bonchev–Trinajstić information content (AvgIpc) is 3.29. The molecule has 0 aliphatic heterocycles. The summed E-state index contributed by atoms with van der Waals surface area (Å²) in [6, 6.07) is 12.2. The third-order valence-corrected chi connectivity index (χ3v) is 3.21. The molecule has 0 atom stereocenters. The van der Waals surface area contributed by atoms with E-state index in [4.69, 9.17) is 13.6 Å². The van der Waals surface area contributed by atoms with Crippen molar-refractivity contribution in [3.8, 4) is 11.7 Å². The van der Waals surface area contributed by atoms with Crippen LogP contribution < -0.4 is 0 Å². The van der Waals surface area contributed by atoms with Gasteiger partial charge in [0.05, 0.1) is 12.7 Å². The monoisotopic (exact) mass is 326 g/mol. The Bertz CT molecular complexity index is 809. The molecular formula is C17H14N2O5. The van der Waals surface area contributed by atoms with Gasteiger partial charge in [-0.25, -0.2) is 0 Å². The number of nitrogens with zero attached hydrogens (tertiary/aromatic N) is 2. The van der Waals surface area contributed by atoms with Gasteiger partial charge in [-0.3, -0.25) is 9.59 Å². The molecule has 0 aliphatic carbocycles. The van der Waals surface area contributed by atoms with E-state index in [1.54, 1.807) is 36.4 Å². The fourth-order valence-corrected chi connectivity index (χ4v) is 2.01. The molecule has 0 aliphatic rings. The van der Waals surface area contributed by atoms with Gasteiger partial charge in [-0.05, 0) is 12.1 Å². The van der Waals surface area contributed by atoms with E-state index in [0.717, 1.165) is 0 Å². The molecule has 0 radical (unpaired) electrons. The molecule has 0 unspecified atom stereocenters. The van der Waals surface area contributed by atoms with Crippen molar-refractivity contribution in [3.05, 3.63) is 60.2 Å². The Kier molecular flexibility index (Phi) is 4.81. The summed E-state index contributed by atoms with van der Waals surface area (Å²) in [5.74, 6) is 0.199. The average molecular weight is 326 g/mol. The predicted molar refractivity (Wildman–Crippen MR) is 81.8 cm³/mol. The van der Waals surface area contributed by atoms with Crippen molar-refractivity contribution in [2.24, 2.45) is 0 Å². The Hall–Kier alpha value is -3.22. The van der Waals surface area contributed by atoms with Crippen molar-refractivity contribution in [2.45, 2.75) is 19.4 Å². The Morgan fingerprint density at radius 2 is 1.83 bits per heavy atom. The van der Waals surface area contributed by atoms with Gasteiger partial charge >= 0.3 is 5.97 Å². The topological polar surface area (TPSA) is 95.4 Å². The molecule has 24 heavy (non-hydrogen) atoms. The standard InChI is InChI=1S/C17H14N2O5/c20-13(12-5-2-1-3-6-12)8-9-16(21)23-11-15-18-19-17(24-15)14-7-4-10-22-14/h1-7,10H,8-9,11H2. The third-order valence-electron chi connectivity index (χ3n) is 3.21. The van der Waals surface area contributed by atoms with Crippen LogP contribution in [0.25, 0.3) is 11.7 Å². The summed E-state index contributed by atoms with van der Waals surface area (Å²) >= 11 is 0.